The van der Waals surface area contributed by atoms with Gasteiger partial charge in [0.25, 0.3) is 6.71 Å². The van der Waals surface area contributed by atoms with Gasteiger partial charge in [-0.1, -0.05) is 348 Å². The van der Waals surface area contributed by atoms with E-state index in [4.69, 9.17) is 0 Å². The Morgan fingerprint density at radius 1 is 0.261 bits per heavy atom. The molecule has 23 rings (SSSR count). The highest BCUT2D eigenvalue weighted by atomic mass is 15.2. The van der Waals surface area contributed by atoms with Crippen LogP contribution in [0.5, 0.6) is 0 Å². The Hall–Kier alpha value is -14.5. The second-order valence-corrected chi connectivity index (χ2v) is 31.1. The molecule has 538 valence electrons. The van der Waals surface area contributed by atoms with E-state index in [1.807, 2.05) is 84.9 Å². The summed E-state index contributed by atoms with van der Waals surface area (Å²) in [7, 11) is 0. The van der Waals surface area contributed by atoms with Crippen LogP contribution in [0.25, 0.3) is 165 Å². The van der Waals surface area contributed by atoms with Gasteiger partial charge in [0.1, 0.15) is 0 Å². The molecule has 21 aromatic rings. The van der Waals surface area contributed by atoms with Crippen LogP contribution in [0.15, 0.2) is 400 Å². The number of para-hydroxylation sites is 4. The second-order valence-electron chi connectivity index (χ2n) is 31.1. The summed E-state index contributed by atoms with van der Waals surface area (Å²) >= 11 is 0. The molecule has 2 aromatic heterocycles. The zero-order chi connectivity index (χ0) is 88.3. The van der Waals surface area contributed by atoms with Crippen LogP contribution in [0.4, 0.5) is 34.1 Å². The standard InChI is InChI=1S/C110H75BN4/c1-110(2,3)82-66-105-107-106(67-82)115(109-89(80-52-50-76-48-46-74-34-16-18-36-85(74)95(76)62-80)42-25-43-90(109)81-53-51-77-49-47-75-35-17-19-37-86(75)96(77)63-81)104-69-84(113-100-45-23-21-39-92(100)94-59-55-79(65-102(94)113)71-28-10-5-11-29-71)57-61-98(104)111(107)97-60-56-83(112-99-44-22-20-38-91(99)93-58-54-78(64-101(93)112)70-26-8-4-9-27-70)68-103(97)114(105)108-87(72-30-12-6-13-31-72)40-24-41-88(108)73-32-14-7-15-33-73/h4-69H,1-3H3/i20D,21D,22D,23D,38D,39D,44D,45D,54D,55D,58D,59D,64D,65D. The molecule has 0 unspecified atom stereocenters. The van der Waals surface area contributed by atoms with Crippen molar-refractivity contribution in [2.24, 2.45) is 0 Å². The van der Waals surface area contributed by atoms with Gasteiger partial charge >= 0.3 is 0 Å². The Morgan fingerprint density at radius 3 is 1.05 bits per heavy atom. The van der Waals surface area contributed by atoms with Gasteiger partial charge in [-0.05, 0) is 188 Å². The Kier molecular flexibility index (Phi) is 12.1. The number of hydrogen-bond donors (Lipinski definition) is 0. The zero-order valence-electron chi connectivity index (χ0n) is 76.9. The van der Waals surface area contributed by atoms with E-state index in [-0.39, 0.29) is 91.0 Å². The summed E-state index contributed by atoms with van der Waals surface area (Å²) in [6.07, 6.45) is 0. The largest absolute Gasteiger partial charge is 0.310 e. The van der Waals surface area contributed by atoms with Crippen molar-refractivity contribution in [1.82, 2.24) is 9.13 Å². The summed E-state index contributed by atoms with van der Waals surface area (Å²) in [6.45, 7) is 5.89. The summed E-state index contributed by atoms with van der Waals surface area (Å²) in [6, 6.07) is 102. The fraction of sp³-hybridized carbons (Fsp3) is 0.0364. The molecule has 115 heavy (non-hydrogen) atoms. The van der Waals surface area contributed by atoms with E-state index in [0.717, 1.165) is 132 Å². The summed E-state index contributed by atoms with van der Waals surface area (Å²) < 4.78 is 142. The van der Waals surface area contributed by atoms with E-state index < -0.39 is 60.5 Å². The number of aromatic nitrogens is 2. The fourth-order valence-electron chi connectivity index (χ4n) is 18.3. The lowest BCUT2D eigenvalue weighted by molar-refractivity contribution is 0.590. The van der Waals surface area contributed by atoms with Crippen LogP contribution in [-0.4, -0.2) is 15.8 Å². The highest BCUT2D eigenvalue weighted by molar-refractivity contribution is 7.00. The molecule has 0 saturated carbocycles. The molecule has 0 atom stereocenters. The molecule has 0 N–H and O–H groups in total. The van der Waals surface area contributed by atoms with Crippen molar-refractivity contribution in [3.63, 3.8) is 0 Å². The Bertz CT molecular complexity index is 8290. The molecule has 0 radical (unpaired) electrons. The summed E-state index contributed by atoms with van der Waals surface area (Å²) in [5.41, 5.74) is 16.6. The third-order valence-electron chi connectivity index (χ3n) is 23.7. The van der Waals surface area contributed by atoms with Gasteiger partial charge in [0.15, 0.2) is 0 Å². The van der Waals surface area contributed by atoms with E-state index >= 15 is 0 Å². The minimum Gasteiger partial charge on any atom is -0.310 e. The maximum Gasteiger partial charge on any atom is 0.252 e. The molecule has 0 bridgehead atoms. The lowest BCUT2D eigenvalue weighted by atomic mass is 9.33. The SMILES string of the molecule is [2H]c1c([2H])c([2H])c2c(c1[2H])c1c([2H])c([2H])c(-c3ccccc3)c([2H])c1n2-c1ccc2c(c1)N(c1c(-c3ccccc3)cccc1-c1ccccc1)c1cc(C(C)(C)C)cc3c1B2c1ccc(-n2c4c([2H])c([2H])c([2H])c([2H])c4c4c([2H])c([2H])c(-c5ccccc5)c([2H])c42)cc1N3c1c(-c2ccc3ccc4ccccc4c3c2)cccc1-c1ccc2ccc3ccccc3c2c1. The third kappa shape index (κ3) is 10.5. The van der Waals surface area contributed by atoms with Crippen molar-refractivity contribution in [1.29, 1.82) is 0 Å². The van der Waals surface area contributed by atoms with Crippen LogP contribution in [0.2, 0.25) is 0 Å². The first kappa shape index (κ1) is 53.4. The molecule has 2 aliphatic heterocycles. The van der Waals surface area contributed by atoms with Gasteiger partial charge in [-0.3, -0.25) is 0 Å². The van der Waals surface area contributed by atoms with Gasteiger partial charge in [0, 0.05) is 77.9 Å². The van der Waals surface area contributed by atoms with Crippen LogP contribution in [0.3, 0.4) is 0 Å². The van der Waals surface area contributed by atoms with E-state index in [1.54, 1.807) is 33.4 Å². The van der Waals surface area contributed by atoms with Gasteiger partial charge in [-0.25, -0.2) is 0 Å². The lowest BCUT2D eigenvalue weighted by Gasteiger charge is -2.46. The summed E-state index contributed by atoms with van der Waals surface area (Å²) in [4.78, 5) is 4.79. The molecule has 2 aliphatic rings. The molecular weight excluding hydrogens is 1390 g/mol. The third-order valence-corrected chi connectivity index (χ3v) is 23.7. The number of anilines is 6. The van der Waals surface area contributed by atoms with Crippen LogP contribution < -0.4 is 26.2 Å². The first-order chi connectivity index (χ1) is 62.5. The number of rotatable bonds is 10. The molecular formula is C110H75BN4. The molecule has 4 nitrogen and oxygen atoms in total. The topological polar surface area (TPSA) is 16.3 Å². The van der Waals surface area contributed by atoms with Gasteiger partial charge in [0.2, 0.25) is 0 Å². The Labute approximate surface area is 688 Å². The van der Waals surface area contributed by atoms with E-state index in [0.29, 0.717) is 33.9 Å². The van der Waals surface area contributed by atoms with Crippen molar-refractivity contribution in [3.05, 3.63) is 406 Å². The van der Waals surface area contributed by atoms with Crippen molar-refractivity contribution in [2.45, 2.75) is 26.2 Å². The van der Waals surface area contributed by atoms with E-state index in [1.165, 1.54) is 0 Å². The number of hydrogen-bond acceptors (Lipinski definition) is 2. The highest BCUT2D eigenvalue weighted by Gasteiger charge is 2.46. The van der Waals surface area contributed by atoms with Crippen LogP contribution >= 0.6 is 0 Å². The Balaban J connectivity index is 0.916. The lowest BCUT2D eigenvalue weighted by Crippen LogP contribution is -2.61. The predicted molar refractivity (Wildman–Crippen MR) is 490 cm³/mol. The fourth-order valence-corrected chi connectivity index (χ4v) is 18.3. The number of benzene rings is 19. The summed E-state index contributed by atoms with van der Waals surface area (Å²) in [5, 5.41) is 8.58. The smallest absolute Gasteiger partial charge is 0.252 e. The van der Waals surface area contributed by atoms with Gasteiger partial charge in [0.05, 0.1) is 52.6 Å². The quantitative estimate of drug-likeness (QED) is 0.100. The Morgan fingerprint density at radius 2 is 0.626 bits per heavy atom. The number of nitrogens with zero attached hydrogens (tertiary/aromatic N) is 4. The summed E-state index contributed by atoms with van der Waals surface area (Å²) in [5.74, 6) is 0. The first-order valence-corrected chi connectivity index (χ1v) is 39.0. The molecule has 0 spiro atoms. The number of fused-ring (bicyclic) bond motifs is 16. The van der Waals surface area contributed by atoms with Crippen LogP contribution in [0, 0.1) is 0 Å². The average molecular weight is 1480 g/mol. The van der Waals surface area contributed by atoms with Gasteiger partial charge in [-0.15, -0.1) is 0 Å². The first-order valence-electron chi connectivity index (χ1n) is 46.0. The molecule has 5 heteroatoms. The van der Waals surface area contributed by atoms with Gasteiger partial charge < -0.3 is 18.9 Å². The van der Waals surface area contributed by atoms with Crippen molar-refractivity contribution in [3.8, 4) is 78.1 Å². The zero-order valence-corrected chi connectivity index (χ0v) is 62.9. The second kappa shape index (κ2) is 26.0. The minimum absolute atomic E-state index is 0.000323. The maximum atomic E-state index is 10.7. The van der Waals surface area contributed by atoms with Gasteiger partial charge in [-0.2, -0.15) is 0 Å². The monoisotopic (exact) mass is 1480 g/mol. The van der Waals surface area contributed by atoms with Crippen LogP contribution in [-0.2, 0) is 5.41 Å². The predicted octanol–water partition coefficient (Wildman–Crippen LogP) is 27.9. The molecule has 19 aromatic carbocycles. The molecule has 4 heterocycles. The van der Waals surface area contributed by atoms with E-state index in [2.05, 4.69) is 237 Å². The maximum absolute atomic E-state index is 10.7. The van der Waals surface area contributed by atoms with Crippen molar-refractivity contribution in [2.75, 3.05) is 9.80 Å². The molecule has 0 fully saturated rings. The van der Waals surface area contributed by atoms with Crippen LogP contribution in [0.1, 0.15) is 45.5 Å². The molecule has 0 amide bonds. The molecule has 0 saturated heterocycles. The average Bonchev–Trinajstić information content (AvgIpc) is 1.48. The van der Waals surface area contributed by atoms with Crippen molar-refractivity contribution < 1.29 is 19.2 Å². The van der Waals surface area contributed by atoms with Crippen molar-refractivity contribution >= 4 is 144 Å². The highest BCUT2D eigenvalue weighted by Crippen LogP contribution is 2.55. The minimum atomic E-state index is -0.751. The normalized spacial score (nSPS) is 14.3. The van der Waals surface area contributed by atoms with E-state index in [9.17, 15) is 19.2 Å². The molecule has 0 aliphatic carbocycles.